The van der Waals surface area contributed by atoms with Crippen molar-refractivity contribution < 1.29 is 4.79 Å². The van der Waals surface area contributed by atoms with E-state index < -0.39 is 0 Å². The molecule has 0 saturated heterocycles. The summed E-state index contributed by atoms with van der Waals surface area (Å²) in [4.78, 5) is 11.6. The third-order valence-corrected chi connectivity index (χ3v) is 3.07. The standard InChI is InChI=1S/C15H24N2O/c1-3-14(4-2)17-15(18)12-16-11-10-13-8-6-5-7-9-13/h5-9,14,16H,3-4,10-12H2,1-2H3,(H,17,18). The van der Waals surface area contributed by atoms with E-state index in [9.17, 15) is 4.79 Å². The topological polar surface area (TPSA) is 41.1 Å². The van der Waals surface area contributed by atoms with Crippen molar-refractivity contribution in [1.29, 1.82) is 0 Å². The Morgan fingerprint density at radius 1 is 1.17 bits per heavy atom. The molecule has 0 aliphatic heterocycles. The predicted molar refractivity (Wildman–Crippen MR) is 75.5 cm³/mol. The molecule has 2 N–H and O–H groups in total. The lowest BCUT2D eigenvalue weighted by Gasteiger charge is -2.14. The molecule has 0 heterocycles. The van der Waals surface area contributed by atoms with Crippen molar-refractivity contribution in [3.05, 3.63) is 35.9 Å². The van der Waals surface area contributed by atoms with Crippen LogP contribution in [0.3, 0.4) is 0 Å². The molecular weight excluding hydrogens is 224 g/mol. The second kappa shape index (κ2) is 8.70. The summed E-state index contributed by atoms with van der Waals surface area (Å²) in [6.07, 6.45) is 2.94. The summed E-state index contributed by atoms with van der Waals surface area (Å²) in [6, 6.07) is 10.6. The lowest BCUT2D eigenvalue weighted by atomic mass is 10.1. The quantitative estimate of drug-likeness (QED) is 0.692. The highest BCUT2D eigenvalue weighted by atomic mass is 16.1. The van der Waals surface area contributed by atoms with Crippen LogP contribution in [0.5, 0.6) is 0 Å². The molecule has 0 bridgehead atoms. The van der Waals surface area contributed by atoms with Gasteiger partial charge in [0.25, 0.3) is 0 Å². The number of hydrogen-bond acceptors (Lipinski definition) is 2. The van der Waals surface area contributed by atoms with E-state index in [0.717, 1.165) is 25.8 Å². The molecule has 0 radical (unpaired) electrons. The number of carbonyl (C=O) groups is 1. The molecule has 18 heavy (non-hydrogen) atoms. The van der Waals surface area contributed by atoms with E-state index in [0.29, 0.717) is 12.6 Å². The van der Waals surface area contributed by atoms with Crippen molar-refractivity contribution in [3.8, 4) is 0 Å². The fourth-order valence-corrected chi connectivity index (χ4v) is 1.85. The first-order valence-electron chi connectivity index (χ1n) is 6.80. The van der Waals surface area contributed by atoms with Crippen molar-refractivity contribution in [2.75, 3.05) is 13.1 Å². The molecule has 0 aromatic heterocycles. The zero-order chi connectivity index (χ0) is 13.2. The molecule has 0 fully saturated rings. The van der Waals surface area contributed by atoms with Gasteiger partial charge >= 0.3 is 0 Å². The second-order valence-electron chi connectivity index (χ2n) is 4.49. The Bertz CT molecular complexity index is 334. The molecule has 0 aliphatic rings. The van der Waals surface area contributed by atoms with Crippen molar-refractivity contribution in [1.82, 2.24) is 10.6 Å². The summed E-state index contributed by atoms with van der Waals surface area (Å²) in [7, 11) is 0. The van der Waals surface area contributed by atoms with E-state index in [2.05, 4.69) is 36.6 Å². The first-order chi connectivity index (χ1) is 8.76. The van der Waals surface area contributed by atoms with Crippen LogP contribution < -0.4 is 10.6 Å². The molecule has 1 aromatic carbocycles. The maximum absolute atomic E-state index is 11.6. The number of benzene rings is 1. The predicted octanol–water partition coefficient (Wildman–Crippen LogP) is 2.12. The molecular formula is C15H24N2O. The van der Waals surface area contributed by atoms with Crippen LogP contribution in [0.1, 0.15) is 32.3 Å². The summed E-state index contributed by atoms with van der Waals surface area (Å²) in [5.74, 6) is 0.0942. The number of amides is 1. The Kier molecular flexibility index (Phi) is 7.11. The highest BCUT2D eigenvalue weighted by Crippen LogP contribution is 1.98. The smallest absolute Gasteiger partial charge is 0.234 e. The average molecular weight is 248 g/mol. The molecule has 0 saturated carbocycles. The third-order valence-electron chi connectivity index (χ3n) is 3.07. The zero-order valence-electron chi connectivity index (χ0n) is 11.4. The van der Waals surface area contributed by atoms with Crippen LogP contribution in [0.4, 0.5) is 0 Å². The Hall–Kier alpha value is -1.35. The van der Waals surface area contributed by atoms with Crippen LogP contribution in [-0.2, 0) is 11.2 Å². The van der Waals surface area contributed by atoms with Gasteiger partial charge < -0.3 is 10.6 Å². The summed E-state index contributed by atoms with van der Waals surface area (Å²) in [6.45, 7) is 5.43. The molecule has 1 amide bonds. The lowest BCUT2D eigenvalue weighted by molar-refractivity contribution is -0.121. The van der Waals surface area contributed by atoms with Crippen molar-refractivity contribution in [3.63, 3.8) is 0 Å². The summed E-state index contributed by atoms with van der Waals surface area (Å²) in [5.41, 5.74) is 1.30. The number of hydrogen-bond donors (Lipinski definition) is 2. The monoisotopic (exact) mass is 248 g/mol. The fraction of sp³-hybridized carbons (Fsp3) is 0.533. The molecule has 0 spiro atoms. The number of nitrogens with one attached hydrogen (secondary N) is 2. The van der Waals surface area contributed by atoms with Gasteiger partial charge in [-0.3, -0.25) is 4.79 Å². The van der Waals surface area contributed by atoms with Gasteiger partial charge in [0.15, 0.2) is 0 Å². The van der Waals surface area contributed by atoms with Crippen molar-refractivity contribution >= 4 is 5.91 Å². The highest BCUT2D eigenvalue weighted by molar-refractivity contribution is 5.78. The summed E-state index contributed by atoms with van der Waals surface area (Å²) in [5, 5.41) is 6.19. The van der Waals surface area contributed by atoms with Crippen LogP contribution in [0.15, 0.2) is 30.3 Å². The Morgan fingerprint density at radius 2 is 1.83 bits per heavy atom. The minimum Gasteiger partial charge on any atom is -0.352 e. The van der Waals surface area contributed by atoms with Crippen molar-refractivity contribution in [2.45, 2.75) is 39.2 Å². The lowest BCUT2D eigenvalue weighted by Crippen LogP contribution is -2.40. The van der Waals surface area contributed by atoms with E-state index in [1.165, 1.54) is 5.56 Å². The first-order valence-corrected chi connectivity index (χ1v) is 6.80. The maximum Gasteiger partial charge on any atom is 0.234 e. The van der Waals surface area contributed by atoms with Crippen LogP contribution >= 0.6 is 0 Å². The Morgan fingerprint density at radius 3 is 2.44 bits per heavy atom. The minimum atomic E-state index is 0.0942. The minimum absolute atomic E-state index is 0.0942. The van der Waals surface area contributed by atoms with Crippen LogP contribution in [0.25, 0.3) is 0 Å². The van der Waals surface area contributed by atoms with Gasteiger partial charge in [0.2, 0.25) is 5.91 Å². The van der Waals surface area contributed by atoms with Gasteiger partial charge in [-0.05, 0) is 31.4 Å². The molecule has 0 unspecified atom stereocenters. The molecule has 0 atom stereocenters. The van der Waals surface area contributed by atoms with E-state index in [-0.39, 0.29) is 5.91 Å². The van der Waals surface area contributed by atoms with Gasteiger partial charge in [-0.15, -0.1) is 0 Å². The van der Waals surface area contributed by atoms with Crippen LogP contribution in [0, 0.1) is 0 Å². The molecule has 3 heteroatoms. The van der Waals surface area contributed by atoms with Crippen molar-refractivity contribution in [2.24, 2.45) is 0 Å². The van der Waals surface area contributed by atoms with Gasteiger partial charge in [-0.25, -0.2) is 0 Å². The normalized spacial score (nSPS) is 10.6. The average Bonchev–Trinajstić information content (AvgIpc) is 2.42. The Balaban J connectivity index is 2.12. The molecule has 1 aromatic rings. The van der Waals surface area contributed by atoms with E-state index >= 15 is 0 Å². The first kappa shape index (κ1) is 14.7. The number of rotatable bonds is 8. The maximum atomic E-state index is 11.6. The van der Waals surface area contributed by atoms with E-state index in [4.69, 9.17) is 0 Å². The van der Waals surface area contributed by atoms with Gasteiger partial charge in [-0.2, -0.15) is 0 Å². The largest absolute Gasteiger partial charge is 0.352 e. The zero-order valence-corrected chi connectivity index (χ0v) is 11.4. The molecule has 1 rings (SSSR count). The fourth-order valence-electron chi connectivity index (χ4n) is 1.85. The molecule has 0 aliphatic carbocycles. The third kappa shape index (κ3) is 5.82. The summed E-state index contributed by atoms with van der Waals surface area (Å²) < 4.78 is 0. The van der Waals surface area contributed by atoms with Gasteiger partial charge in [0.05, 0.1) is 6.54 Å². The molecule has 100 valence electrons. The van der Waals surface area contributed by atoms with E-state index in [1.54, 1.807) is 0 Å². The van der Waals surface area contributed by atoms with Gasteiger partial charge in [-0.1, -0.05) is 44.2 Å². The van der Waals surface area contributed by atoms with Gasteiger partial charge in [0, 0.05) is 6.04 Å². The van der Waals surface area contributed by atoms with Crippen LogP contribution in [-0.4, -0.2) is 25.0 Å². The Labute approximate surface area is 110 Å². The molecule has 3 nitrogen and oxygen atoms in total. The van der Waals surface area contributed by atoms with Gasteiger partial charge in [0.1, 0.15) is 0 Å². The summed E-state index contributed by atoms with van der Waals surface area (Å²) >= 11 is 0. The SMILES string of the molecule is CCC(CC)NC(=O)CNCCc1ccccc1. The number of carbonyl (C=O) groups excluding carboxylic acids is 1. The highest BCUT2D eigenvalue weighted by Gasteiger charge is 2.07. The van der Waals surface area contributed by atoms with E-state index in [1.807, 2.05) is 18.2 Å². The van der Waals surface area contributed by atoms with Crippen LogP contribution in [0.2, 0.25) is 0 Å². The second-order valence-corrected chi connectivity index (χ2v) is 4.49.